The highest BCUT2D eigenvalue weighted by Crippen LogP contribution is 2.30. The number of rotatable bonds is 3. The molecule has 104 valence electrons. The molecular weight excluding hydrogens is 264 g/mol. The summed E-state index contributed by atoms with van der Waals surface area (Å²) in [5.74, 6) is 0.946. The number of ether oxygens (including phenoxy) is 1. The molecule has 1 aromatic carbocycles. The predicted octanol–water partition coefficient (Wildman–Crippen LogP) is 2.80. The van der Waals surface area contributed by atoms with E-state index in [-0.39, 0.29) is 5.95 Å². The van der Waals surface area contributed by atoms with Gasteiger partial charge in [-0.05, 0) is 30.3 Å². The van der Waals surface area contributed by atoms with E-state index in [2.05, 4.69) is 15.0 Å². The van der Waals surface area contributed by atoms with Gasteiger partial charge in [0.25, 0.3) is 0 Å². The summed E-state index contributed by atoms with van der Waals surface area (Å²) in [6.45, 7) is 0. The van der Waals surface area contributed by atoms with E-state index < -0.39 is 0 Å². The number of nitrogens with two attached hydrogens (primary N) is 1. The van der Waals surface area contributed by atoms with Gasteiger partial charge in [0, 0.05) is 11.8 Å². The monoisotopic (exact) mass is 278 g/mol. The Bertz CT molecular complexity index is 759. The highest BCUT2D eigenvalue weighted by Gasteiger charge is 2.11. The highest BCUT2D eigenvalue weighted by molar-refractivity contribution is 5.71. The van der Waals surface area contributed by atoms with Crippen molar-refractivity contribution < 1.29 is 4.74 Å². The summed E-state index contributed by atoms with van der Waals surface area (Å²) in [4.78, 5) is 12.8. The first-order valence-corrected chi connectivity index (χ1v) is 6.47. The molecule has 0 spiro atoms. The first kappa shape index (κ1) is 13.1. The van der Waals surface area contributed by atoms with E-state index in [0.29, 0.717) is 11.4 Å². The SMILES string of the molecule is COc1ccccc1-c1cc(-c2ccccn2)nc(N)n1. The molecule has 0 amide bonds. The lowest BCUT2D eigenvalue weighted by Gasteiger charge is -2.09. The van der Waals surface area contributed by atoms with Crippen LogP contribution < -0.4 is 10.5 Å². The summed E-state index contributed by atoms with van der Waals surface area (Å²) in [6.07, 6.45) is 1.72. The van der Waals surface area contributed by atoms with E-state index >= 15 is 0 Å². The molecule has 2 aromatic heterocycles. The summed E-state index contributed by atoms with van der Waals surface area (Å²) in [7, 11) is 1.63. The molecule has 5 nitrogen and oxygen atoms in total. The highest BCUT2D eigenvalue weighted by atomic mass is 16.5. The van der Waals surface area contributed by atoms with Crippen LogP contribution in [0, 0.1) is 0 Å². The molecule has 21 heavy (non-hydrogen) atoms. The number of aromatic nitrogens is 3. The van der Waals surface area contributed by atoms with Crippen molar-refractivity contribution in [2.24, 2.45) is 0 Å². The second kappa shape index (κ2) is 5.58. The van der Waals surface area contributed by atoms with Crippen molar-refractivity contribution >= 4 is 5.95 Å². The summed E-state index contributed by atoms with van der Waals surface area (Å²) < 4.78 is 5.37. The average Bonchev–Trinajstić information content (AvgIpc) is 2.55. The third-order valence-electron chi connectivity index (χ3n) is 3.05. The summed E-state index contributed by atoms with van der Waals surface area (Å²) in [6, 6.07) is 15.2. The minimum Gasteiger partial charge on any atom is -0.496 e. The second-order valence-corrected chi connectivity index (χ2v) is 4.41. The van der Waals surface area contributed by atoms with Crippen LogP contribution >= 0.6 is 0 Å². The van der Waals surface area contributed by atoms with Gasteiger partial charge < -0.3 is 10.5 Å². The number of para-hydroxylation sites is 1. The van der Waals surface area contributed by atoms with Crippen LogP contribution in [0.25, 0.3) is 22.6 Å². The van der Waals surface area contributed by atoms with Crippen molar-refractivity contribution in [3.05, 3.63) is 54.7 Å². The van der Waals surface area contributed by atoms with Gasteiger partial charge in [0.2, 0.25) is 5.95 Å². The number of hydrogen-bond donors (Lipinski definition) is 1. The first-order chi connectivity index (χ1) is 10.3. The van der Waals surface area contributed by atoms with Crippen LogP contribution in [-0.4, -0.2) is 22.1 Å². The Morgan fingerprint density at radius 1 is 0.905 bits per heavy atom. The fourth-order valence-corrected chi connectivity index (χ4v) is 2.11. The van der Waals surface area contributed by atoms with Crippen molar-refractivity contribution in [2.45, 2.75) is 0 Å². The van der Waals surface area contributed by atoms with Gasteiger partial charge in [-0.1, -0.05) is 18.2 Å². The Hall–Kier alpha value is -2.95. The van der Waals surface area contributed by atoms with Crippen molar-refractivity contribution in [3.63, 3.8) is 0 Å². The van der Waals surface area contributed by atoms with Gasteiger partial charge in [0.1, 0.15) is 5.75 Å². The van der Waals surface area contributed by atoms with E-state index in [1.54, 1.807) is 13.3 Å². The lowest BCUT2D eigenvalue weighted by molar-refractivity contribution is 0.416. The molecule has 0 aliphatic heterocycles. The van der Waals surface area contributed by atoms with Crippen LogP contribution in [-0.2, 0) is 0 Å². The van der Waals surface area contributed by atoms with E-state index in [4.69, 9.17) is 10.5 Å². The Kier molecular flexibility index (Phi) is 3.47. The lowest BCUT2D eigenvalue weighted by Crippen LogP contribution is -2.00. The van der Waals surface area contributed by atoms with Gasteiger partial charge in [-0.2, -0.15) is 0 Å². The molecule has 5 heteroatoms. The van der Waals surface area contributed by atoms with E-state index in [1.165, 1.54) is 0 Å². The normalized spacial score (nSPS) is 10.3. The number of nitrogen functional groups attached to an aromatic ring is 1. The van der Waals surface area contributed by atoms with Crippen LogP contribution in [0.15, 0.2) is 54.7 Å². The number of anilines is 1. The minimum absolute atomic E-state index is 0.207. The van der Waals surface area contributed by atoms with Gasteiger partial charge in [0.15, 0.2) is 0 Å². The Morgan fingerprint density at radius 2 is 1.67 bits per heavy atom. The fraction of sp³-hybridized carbons (Fsp3) is 0.0625. The molecule has 3 rings (SSSR count). The van der Waals surface area contributed by atoms with Crippen LogP contribution in [0.3, 0.4) is 0 Å². The van der Waals surface area contributed by atoms with E-state index in [1.807, 2.05) is 48.5 Å². The van der Waals surface area contributed by atoms with Crippen molar-refractivity contribution in [1.82, 2.24) is 15.0 Å². The zero-order valence-corrected chi connectivity index (χ0v) is 11.5. The number of benzene rings is 1. The van der Waals surface area contributed by atoms with Gasteiger partial charge >= 0.3 is 0 Å². The smallest absolute Gasteiger partial charge is 0.221 e. The van der Waals surface area contributed by atoms with Gasteiger partial charge in [-0.25, -0.2) is 9.97 Å². The molecule has 0 aliphatic carbocycles. The summed E-state index contributed by atoms with van der Waals surface area (Å²) in [5.41, 5.74) is 8.85. The van der Waals surface area contributed by atoms with Crippen molar-refractivity contribution in [3.8, 4) is 28.4 Å². The largest absolute Gasteiger partial charge is 0.496 e. The standard InChI is InChI=1S/C16H14N4O/c1-21-15-8-3-2-6-11(15)13-10-14(20-16(17)19-13)12-7-4-5-9-18-12/h2-10H,1H3,(H2,17,19,20). The summed E-state index contributed by atoms with van der Waals surface area (Å²) >= 11 is 0. The second-order valence-electron chi connectivity index (χ2n) is 4.41. The molecule has 0 atom stereocenters. The molecule has 0 bridgehead atoms. The number of methoxy groups -OCH3 is 1. The molecule has 2 N–H and O–H groups in total. The van der Waals surface area contributed by atoms with Gasteiger partial charge in [-0.3, -0.25) is 4.98 Å². The molecule has 0 aliphatic rings. The molecule has 0 fully saturated rings. The molecule has 0 unspecified atom stereocenters. The molecule has 3 aromatic rings. The fourth-order valence-electron chi connectivity index (χ4n) is 2.11. The van der Waals surface area contributed by atoms with Crippen molar-refractivity contribution in [2.75, 3.05) is 12.8 Å². The van der Waals surface area contributed by atoms with Gasteiger partial charge in [0.05, 0.1) is 24.2 Å². The third kappa shape index (κ3) is 2.67. The zero-order valence-electron chi connectivity index (χ0n) is 11.5. The molecule has 0 saturated carbocycles. The van der Waals surface area contributed by atoms with Crippen LogP contribution in [0.4, 0.5) is 5.95 Å². The molecular formula is C16H14N4O. The van der Waals surface area contributed by atoms with Gasteiger partial charge in [-0.15, -0.1) is 0 Å². The third-order valence-corrected chi connectivity index (χ3v) is 3.05. The lowest BCUT2D eigenvalue weighted by atomic mass is 10.1. The average molecular weight is 278 g/mol. The predicted molar refractivity (Wildman–Crippen MR) is 81.7 cm³/mol. The molecule has 0 saturated heterocycles. The molecule has 2 heterocycles. The Labute approximate surface area is 122 Å². The minimum atomic E-state index is 0.207. The number of hydrogen-bond acceptors (Lipinski definition) is 5. The number of pyridine rings is 1. The van der Waals surface area contributed by atoms with E-state index in [9.17, 15) is 0 Å². The van der Waals surface area contributed by atoms with Crippen LogP contribution in [0.5, 0.6) is 5.75 Å². The molecule has 0 radical (unpaired) electrons. The maximum absolute atomic E-state index is 5.83. The quantitative estimate of drug-likeness (QED) is 0.797. The topological polar surface area (TPSA) is 73.9 Å². The first-order valence-electron chi connectivity index (χ1n) is 6.47. The summed E-state index contributed by atoms with van der Waals surface area (Å²) in [5, 5.41) is 0. The zero-order chi connectivity index (χ0) is 14.7. The Morgan fingerprint density at radius 3 is 2.43 bits per heavy atom. The maximum atomic E-state index is 5.83. The number of nitrogens with zero attached hydrogens (tertiary/aromatic N) is 3. The Balaban J connectivity index is 2.14. The van der Waals surface area contributed by atoms with E-state index in [0.717, 1.165) is 17.0 Å². The van der Waals surface area contributed by atoms with Crippen LogP contribution in [0.2, 0.25) is 0 Å². The van der Waals surface area contributed by atoms with Crippen LogP contribution in [0.1, 0.15) is 0 Å². The van der Waals surface area contributed by atoms with Crippen molar-refractivity contribution in [1.29, 1.82) is 0 Å². The maximum Gasteiger partial charge on any atom is 0.221 e.